The van der Waals surface area contributed by atoms with E-state index in [-0.39, 0.29) is 5.57 Å². The van der Waals surface area contributed by atoms with Crippen LogP contribution in [0.3, 0.4) is 0 Å². The molecule has 0 aliphatic rings. The maximum atomic E-state index is 11.6. The fourth-order valence-electron chi connectivity index (χ4n) is 2.10. The topological polar surface area (TPSA) is 55.8 Å². The number of carboxylic acids is 1. The zero-order chi connectivity index (χ0) is 16.1. The summed E-state index contributed by atoms with van der Waals surface area (Å²) >= 11 is 0. The maximum Gasteiger partial charge on any atom is 0.336 e. The minimum Gasteiger partial charge on any atom is -0.493 e. The molecule has 4 heteroatoms. The lowest BCUT2D eigenvalue weighted by molar-refractivity contribution is -0.130. The number of carboxylic acid groups (broad SMARTS) is 1. The van der Waals surface area contributed by atoms with E-state index in [0.717, 1.165) is 11.1 Å². The van der Waals surface area contributed by atoms with Gasteiger partial charge in [0.25, 0.3) is 0 Å². The van der Waals surface area contributed by atoms with Gasteiger partial charge in [-0.2, -0.15) is 0 Å². The average molecular weight is 298 g/mol. The first-order valence-corrected chi connectivity index (χ1v) is 6.79. The molecule has 2 aromatic rings. The van der Waals surface area contributed by atoms with E-state index in [1.807, 2.05) is 31.2 Å². The third-order valence-corrected chi connectivity index (χ3v) is 3.31. The fourth-order valence-corrected chi connectivity index (χ4v) is 2.10. The summed E-state index contributed by atoms with van der Waals surface area (Å²) in [4.78, 5) is 11.6. The highest BCUT2D eigenvalue weighted by Gasteiger charge is 2.13. The molecule has 0 unspecified atom stereocenters. The minimum absolute atomic E-state index is 0.199. The number of aryl methyl sites for hydroxylation is 1. The first kappa shape index (κ1) is 15.6. The second-order valence-corrected chi connectivity index (χ2v) is 4.84. The number of hydrogen-bond donors (Lipinski definition) is 1. The Labute approximate surface area is 129 Å². The van der Waals surface area contributed by atoms with Crippen LogP contribution in [0.15, 0.2) is 42.5 Å². The molecular weight excluding hydrogens is 280 g/mol. The molecule has 0 radical (unpaired) electrons. The molecule has 4 nitrogen and oxygen atoms in total. The number of rotatable bonds is 5. The van der Waals surface area contributed by atoms with E-state index in [2.05, 4.69) is 0 Å². The van der Waals surface area contributed by atoms with E-state index < -0.39 is 5.97 Å². The van der Waals surface area contributed by atoms with Gasteiger partial charge < -0.3 is 14.6 Å². The van der Waals surface area contributed by atoms with Gasteiger partial charge >= 0.3 is 5.97 Å². The molecule has 0 aliphatic carbocycles. The van der Waals surface area contributed by atoms with E-state index in [1.165, 1.54) is 14.2 Å². The molecule has 2 aromatic carbocycles. The Hall–Kier alpha value is -2.75. The highest BCUT2D eigenvalue weighted by molar-refractivity contribution is 6.20. The Balaban J connectivity index is 2.48. The van der Waals surface area contributed by atoms with E-state index in [4.69, 9.17) is 9.47 Å². The quantitative estimate of drug-likeness (QED) is 0.676. The second-order valence-electron chi connectivity index (χ2n) is 4.84. The zero-order valence-electron chi connectivity index (χ0n) is 12.8. The third-order valence-electron chi connectivity index (χ3n) is 3.31. The number of benzene rings is 2. The number of aliphatic carboxylic acids is 1. The molecule has 0 aromatic heterocycles. The largest absolute Gasteiger partial charge is 0.493 e. The van der Waals surface area contributed by atoms with Crippen LogP contribution >= 0.6 is 0 Å². The van der Waals surface area contributed by atoms with Crippen LogP contribution in [-0.4, -0.2) is 25.3 Å². The molecule has 0 spiro atoms. The summed E-state index contributed by atoms with van der Waals surface area (Å²) in [6, 6.07) is 12.7. The van der Waals surface area contributed by atoms with Crippen molar-refractivity contribution in [3.8, 4) is 11.5 Å². The molecule has 0 heterocycles. The SMILES string of the molecule is COc1ccc(/C(=C/c2ccc(C)cc2)C(=O)O)cc1OC. The van der Waals surface area contributed by atoms with Crippen LogP contribution in [0.4, 0.5) is 0 Å². The van der Waals surface area contributed by atoms with Crippen molar-refractivity contribution in [2.45, 2.75) is 6.92 Å². The summed E-state index contributed by atoms with van der Waals surface area (Å²) in [5.41, 5.74) is 2.72. The average Bonchev–Trinajstić information content (AvgIpc) is 2.53. The molecule has 0 saturated heterocycles. The van der Waals surface area contributed by atoms with Gasteiger partial charge in [-0.1, -0.05) is 35.9 Å². The van der Waals surface area contributed by atoms with E-state index in [0.29, 0.717) is 17.1 Å². The molecule has 0 bridgehead atoms. The standard InChI is InChI=1S/C18H18O4/c1-12-4-6-13(7-5-12)10-15(18(19)20)14-8-9-16(21-2)17(11-14)22-3/h4-11H,1-3H3,(H,19,20)/b15-10-. The van der Waals surface area contributed by atoms with Crippen molar-refractivity contribution in [3.63, 3.8) is 0 Å². The Morgan fingerprint density at radius 3 is 2.18 bits per heavy atom. The summed E-state index contributed by atoms with van der Waals surface area (Å²) < 4.78 is 10.4. The second kappa shape index (κ2) is 6.80. The Morgan fingerprint density at radius 2 is 1.64 bits per heavy atom. The van der Waals surface area contributed by atoms with Crippen molar-refractivity contribution >= 4 is 17.6 Å². The summed E-state index contributed by atoms with van der Waals surface area (Å²) in [5, 5.41) is 9.49. The van der Waals surface area contributed by atoms with Gasteiger partial charge in [-0.15, -0.1) is 0 Å². The van der Waals surface area contributed by atoms with Crippen molar-refractivity contribution in [1.29, 1.82) is 0 Å². The van der Waals surface area contributed by atoms with Gasteiger partial charge in [-0.3, -0.25) is 0 Å². The molecule has 0 atom stereocenters. The van der Waals surface area contributed by atoms with E-state index >= 15 is 0 Å². The molecule has 1 N–H and O–H groups in total. The highest BCUT2D eigenvalue weighted by atomic mass is 16.5. The third kappa shape index (κ3) is 3.47. The molecule has 114 valence electrons. The fraction of sp³-hybridized carbons (Fsp3) is 0.167. The van der Waals surface area contributed by atoms with Gasteiger partial charge in [-0.25, -0.2) is 4.79 Å². The van der Waals surface area contributed by atoms with Crippen LogP contribution in [0.5, 0.6) is 11.5 Å². The van der Waals surface area contributed by atoms with Gasteiger partial charge in [-0.05, 0) is 36.3 Å². The highest BCUT2D eigenvalue weighted by Crippen LogP contribution is 2.31. The predicted octanol–water partition coefficient (Wildman–Crippen LogP) is 3.64. The van der Waals surface area contributed by atoms with Crippen molar-refractivity contribution in [2.75, 3.05) is 14.2 Å². The molecule has 0 amide bonds. The van der Waals surface area contributed by atoms with Crippen LogP contribution in [0, 0.1) is 6.92 Å². The van der Waals surface area contributed by atoms with Gasteiger partial charge in [0.1, 0.15) is 0 Å². The summed E-state index contributed by atoms with van der Waals surface area (Å²) in [7, 11) is 3.06. The molecule has 0 aliphatic heterocycles. The van der Waals surface area contributed by atoms with Crippen molar-refractivity contribution < 1.29 is 19.4 Å². The number of carbonyl (C=O) groups is 1. The minimum atomic E-state index is -0.993. The summed E-state index contributed by atoms with van der Waals surface area (Å²) in [6.07, 6.45) is 1.64. The van der Waals surface area contributed by atoms with Crippen LogP contribution in [0.2, 0.25) is 0 Å². The monoisotopic (exact) mass is 298 g/mol. The van der Waals surface area contributed by atoms with Crippen LogP contribution in [-0.2, 0) is 4.79 Å². The zero-order valence-corrected chi connectivity index (χ0v) is 12.8. The van der Waals surface area contributed by atoms with Crippen LogP contribution in [0.1, 0.15) is 16.7 Å². The molecule has 2 rings (SSSR count). The van der Waals surface area contributed by atoms with Gasteiger partial charge in [0.05, 0.1) is 19.8 Å². The van der Waals surface area contributed by atoms with Crippen molar-refractivity contribution in [2.24, 2.45) is 0 Å². The van der Waals surface area contributed by atoms with Crippen LogP contribution < -0.4 is 9.47 Å². The molecule has 0 saturated carbocycles. The smallest absolute Gasteiger partial charge is 0.336 e. The van der Waals surface area contributed by atoms with E-state index in [1.54, 1.807) is 24.3 Å². The Morgan fingerprint density at radius 1 is 1.00 bits per heavy atom. The lowest BCUT2D eigenvalue weighted by atomic mass is 10.0. The number of methoxy groups -OCH3 is 2. The summed E-state index contributed by atoms with van der Waals surface area (Å²) in [5.74, 6) is 0.0650. The normalized spacial score (nSPS) is 11.1. The van der Waals surface area contributed by atoms with Gasteiger partial charge in [0, 0.05) is 0 Å². The Bertz CT molecular complexity index is 700. The van der Waals surface area contributed by atoms with Gasteiger partial charge in [0.15, 0.2) is 11.5 Å². The summed E-state index contributed by atoms with van der Waals surface area (Å²) in [6.45, 7) is 1.99. The number of hydrogen-bond acceptors (Lipinski definition) is 3. The van der Waals surface area contributed by atoms with E-state index in [9.17, 15) is 9.90 Å². The number of ether oxygens (including phenoxy) is 2. The molecule has 22 heavy (non-hydrogen) atoms. The molecule has 0 fully saturated rings. The Kier molecular flexibility index (Phi) is 4.84. The molecular formula is C18H18O4. The first-order chi connectivity index (χ1) is 10.5. The predicted molar refractivity (Wildman–Crippen MR) is 86.2 cm³/mol. The lowest BCUT2D eigenvalue weighted by Crippen LogP contribution is -2.01. The maximum absolute atomic E-state index is 11.6. The van der Waals surface area contributed by atoms with Crippen molar-refractivity contribution in [3.05, 3.63) is 59.2 Å². The van der Waals surface area contributed by atoms with Gasteiger partial charge in [0.2, 0.25) is 0 Å². The van der Waals surface area contributed by atoms with Crippen LogP contribution in [0.25, 0.3) is 11.6 Å². The van der Waals surface area contributed by atoms with Crippen molar-refractivity contribution in [1.82, 2.24) is 0 Å². The lowest BCUT2D eigenvalue weighted by Gasteiger charge is -2.10. The first-order valence-electron chi connectivity index (χ1n) is 6.79.